The fourth-order valence-corrected chi connectivity index (χ4v) is 2.62. The molecule has 0 N–H and O–H groups in total. The smallest absolute Gasteiger partial charge is 0.131 e. The first-order valence-corrected chi connectivity index (χ1v) is 7.75. The third-order valence-corrected chi connectivity index (χ3v) is 4.10. The second kappa shape index (κ2) is 7.57. The van der Waals surface area contributed by atoms with Gasteiger partial charge in [-0.2, -0.15) is 0 Å². The van der Waals surface area contributed by atoms with Crippen molar-refractivity contribution in [2.24, 2.45) is 0 Å². The Hall–Kier alpha value is -1.39. The summed E-state index contributed by atoms with van der Waals surface area (Å²) in [5.41, 5.74) is 2.62. The van der Waals surface area contributed by atoms with Gasteiger partial charge in [-0.1, -0.05) is 12.1 Å². The van der Waals surface area contributed by atoms with Gasteiger partial charge in [-0.05, 0) is 38.7 Å². The lowest BCUT2D eigenvalue weighted by atomic mass is 10.1. The first-order chi connectivity index (χ1) is 10.0. The molecule has 116 valence electrons. The minimum absolute atomic E-state index is 0.257. The topological polar surface area (TPSA) is 26.8 Å². The Morgan fingerprint density at radius 2 is 1.76 bits per heavy atom. The number of anilines is 1. The Morgan fingerprint density at radius 3 is 2.33 bits per heavy atom. The summed E-state index contributed by atoms with van der Waals surface area (Å²) >= 11 is 0. The maximum atomic E-state index is 11.0. The van der Waals surface area contributed by atoms with Crippen molar-refractivity contribution in [1.82, 2.24) is 9.80 Å². The third-order valence-electron chi connectivity index (χ3n) is 4.10. The van der Waals surface area contributed by atoms with Gasteiger partial charge in [0, 0.05) is 51.4 Å². The molecule has 0 atom stereocenters. The van der Waals surface area contributed by atoms with Gasteiger partial charge in [0.1, 0.15) is 5.78 Å². The average Bonchev–Trinajstić information content (AvgIpc) is 2.47. The average molecular weight is 289 g/mol. The quantitative estimate of drug-likeness (QED) is 0.798. The van der Waals surface area contributed by atoms with Crippen molar-refractivity contribution in [2.75, 3.05) is 51.7 Å². The first kappa shape index (κ1) is 16.0. The summed E-state index contributed by atoms with van der Waals surface area (Å²) in [6.07, 6.45) is 0.635. The molecule has 21 heavy (non-hydrogen) atoms. The predicted octanol–water partition coefficient (Wildman–Crippen LogP) is 1.85. The van der Waals surface area contributed by atoms with E-state index in [4.69, 9.17) is 0 Å². The Kier molecular flexibility index (Phi) is 5.76. The maximum absolute atomic E-state index is 11.0. The number of piperazine rings is 1. The van der Waals surface area contributed by atoms with Gasteiger partial charge in [-0.3, -0.25) is 4.79 Å². The third kappa shape index (κ3) is 5.14. The standard InChI is InChI=1S/C17H27N3O/c1-15(21)8-9-19(3)14-16-4-6-17(7-5-16)20-12-10-18(2)11-13-20/h4-7H,8-14H2,1-3H3. The molecule has 0 aliphatic carbocycles. The lowest BCUT2D eigenvalue weighted by Crippen LogP contribution is -2.44. The van der Waals surface area contributed by atoms with E-state index in [0.717, 1.165) is 39.3 Å². The van der Waals surface area contributed by atoms with Gasteiger partial charge in [0.15, 0.2) is 0 Å². The highest BCUT2D eigenvalue weighted by Crippen LogP contribution is 2.17. The molecule has 1 aliphatic heterocycles. The van der Waals surface area contributed by atoms with Crippen molar-refractivity contribution >= 4 is 11.5 Å². The zero-order valence-corrected chi connectivity index (χ0v) is 13.5. The number of hydrogen-bond donors (Lipinski definition) is 0. The molecule has 0 saturated carbocycles. The lowest BCUT2D eigenvalue weighted by molar-refractivity contribution is -0.117. The van der Waals surface area contributed by atoms with E-state index in [9.17, 15) is 4.79 Å². The highest BCUT2D eigenvalue weighted by molar-refractivity contribution is 5.75. The number of carbonyl (C=O) groups excluding carboxylic acids is 1. The number of benzene rings is 1. The molecule has 1 fully saturated rings. The fourth-order valence-electron chi connectivity index (χ4n) is 2.62. The molecule has 0 unspecified atom stereocenters. The number of hydrogen-bond acceptors (Lipinski definition) is 4. The summed E-state index contributed by atoms with van der Waals surface area (Å²) in [6.45, 7) is 7.86. The summed E-state index contributed by atoms with van der Waals surface area (Å²) in [6, 6.07) is 8.86. The zero-order valence-electron chi connectivity index (χ0n) is 13.5. The summed E-state index contributed by atoms with van der Waals surface area (Å²) in [5.74, 6) is 0.257. The number of nitrogens with zero attached hydrogens (tertiary/aromatic N) is 3. The largest absolute Gasteiger partial charge is 0.369 e. The Labute approximate surface area is 128 Å². The van der Waals surface area contributed by atoms with Gasteiger partial charge < -0.3 is 14.7 Å². The van der Waals surface area contributed by atoms with Crippen LogP contribution in [-0.4, -0.2) is 62.4 Å². The van der Waals surface area contributed by atoms with Crippen LogP contribution in [0.4, 0.5) is 5.69 Å². The summed E-state index contributed by atoms with van der Waals surface area (Å²) in [5, 5.41) is 0. The van der Waals surface area contributed by atoms with E-state index in [1.807, 2.05) is 0 Å². The van der Waals surface area contributed by atoms with E-state index in [2.05, 4.69) is 53.1 Å². The van der Waals surface area contributed by atoms with E-state index < -0.39 is 0 Å². The second-order valence-electron chi connectivity index (χ2n) is 6.15. The monoisotopic (exact) mass is 289 g/mol. The number of rotatable bonds is 6. The van der Waals surface area contributed by atoms with E-state index >= 15 is 0 Å². The van der Waals surface area contributed by atoms with Crippen molar-refractivity contribution in [3.05, 3.63) is 29.8 Å². The number of Topliss-reactive ketones (excluding diaryl/α,β-unsaturated/α-hetero) is 1. The molecule has 4 nitrogen and oxygen atoms in total. The van der Waals surface area contributed by atoms with E-state index in [0.29, 0.717) is 6.42 Å². The van der Waals surface area contributed by atoms with Crippen LogP contribution >= 0.6 is 0 Å². The highest BCUT2D eigenvalue weighted by atomic mass is 16.1. The molecule has 4 heteroatoms. The molecule has 0 radical (unpaired) electrons. The molecular formula is C17H27N3O. The van der Waals surface area contributed by atoms with Crippen LogP contribution in [0.2, 0.25) is 0 Å². The summed E-state index contributed by atoms with van der Waals surface area (Å²) in [7, 11) is 4.24. The molecule has 1 aromatic rings. The molecule has 1 aromatic carbocycles. The van der Waals surface area contributed by atoms with Crippen molar-refractivity contribution < 1.29 is 4.79 Å². The number of likely N-dealkylation sites (N-methyl/N-ethyl adjacent to an activating group) is 1. The van der Waals surface area contributed by atoms with Gasteiger partial charge in [-0.15, -0.1) is 0 Å². The number of carbonyl (C=O) groups is 1. The van der Waals surface area contributed by atoms with Crippen molar-refractivity contribution in [2.45, 2.75) is 19.9 Å². The SMILES string of the molecule is CC(=O)CCN(C)Cc1ccc(N2CCN(C)CC2)cc1. The molecule has 0 amide bonds. The van der Waals surface area contributed by atoms with Crippen molar-refractivity contribution in [1.29, 1.82) is 0 Å². The van der Waals surface area contributed by atoms with Crippen molar-refractivity contribution in [3.8, 4) is 0 Å². The van der Waals surface area contributed by atoms with Gasteiger partial charge in [0.25, 0.3) is 0 Å². The molecule has 0 spiro atoms. The predicted molar refractivity (Wildman–Crippen MR) is 87.8 cm³/mol. The van der Waals surface area contributed by atoms with Crippen LogP contribution in [0.5, 0.6) is 0 Å². The van der Waals surface area contributed by atoms with Crippen LogP contribution in [0.15, 0.2) is 24.3 Å². The lowest BCUT2D eigenvalue weighted by Gasteiger charge is -2.34. The van der Waals surface area contributed by atoms with Crippen LogP contribution in [0, 0.1) is 0 Å². The molecule has 1 heterocycles. The molecule has 1 saturated heterocycles. The first-order valence-electron chi connectivity index (χ1n) is 7.75. The maximum Gasteiger partial charge on any atom is 0.131 e. The van der Waals surface area contributed by atoms with Crippen LogP contribution in [0.25, 0.3) is 0 Å². The van der Waals surface area contributed by atoms with Crippen LogP contribution < -0.4 is 4.90 Å². The molecule has 0 bridgehead atoms. The highest BCUT2D eigenvalue weighted by Gasteiger charge is 2.14. The van der Waals surface area contributed by atoms with Crippen LogP contribution in [0.3, 0.4) is 0 Å². The zero-order chi connectivity index (χ0) is 15.2. The minimum Gasteiger partial charge on any atom is -0.369 e. The van der Waals surface area contributed by atoms with E-state index in [-0.39, 0.29) is 5.78 Å². The van der Waals surface area contributed by atoms with Crippen molar-refractivity contribution in [3.63, 3.8) is 0 Å². The Morgan fingerprint density at radius 1 is 1.14 bits per heavy atom. The molecule has 2 rings (SSSR count). The van der Waals surface area contributed by atoms with Crippen LogP contribution in [-0.2, 0) is 11.3 Å². The minimum atomic E-state index is 0.257. The Balaban J connectivity index is 1.85. The fraction of sp³-hybridized carbons (Fsp3) is 0.588. The van der Waals surface area contributed by atoms with Gasteiger partial charge >= 0.3 is 0 Å². The normalized spacial score (nSPS) is 16.5. The Bertz CT molecular complexity index is 450. The van der Waals surface area contributed by atoms with Crippen LogP contribution in [0.1, 0.15) is 18.9 Å². The van der Waals surface area contributed by atoms with E-state index in [1.54, 1.807) is 6.92 Å². The summed E-state index contributed by atoms with van der Waals surface area (Å²) in [4.78, 5) is 18.0. The number of ketones is 1. The molecule has 0 aromatic heterocycles. The van der Waals surface area contributed by atoms with Gasteiger partial charge in [0.05, 0.1) is 0 Å². The van der Waals surface area contributed by atoms with E-state index in [1.165, 1.54) is 11.3 Å². The second-order valence-corrected chi connectivity index (χ2v) is 6.15. The summed E-state index contributed by atoms with van der Waals surface area (Å²) < 4.78 is 0. The van der Waals surface area contributed by atoms with Gasteiger partial charge in [-0.25, -0.2) is 0 Å². The van der Waals surface area contributed by atoms with Gasteiger partial charge in [0.2, 0.25) is 0 Å². The molecular weight excluding hydrogens is 262 g/mol. The molecule has 1 aliphatic rings.